The average Bonchev–Trinajstić information content (AvgIpc) is 3.28. The average molecular weight is 449 g/mol. The second kappa shape index (κ2) is 8.40. The van der Waals surface area contributed by atoms with Crippen LogP contribution in [0.1, 0.15) is 18.2 Å². The first kappa shape index (κ1) is 20.7. The van der Waals surface area contributed by atoms with Crippen molar-refractivity contribution in [3.8, 4) is 11.4 Å². The number of hydrogen-bond donors (Lipinski definition) is 0. The fourth-order valence-electron chi connectivity index (χ4n) is 3.95. The molecule has 0 radical (unpaired) electrons. The SMILES string of the molecule is C[C@@H]1COCCN1c1cc(N=S(C)(=O)c2cccnc2)nc(-c2ccnc3c2C=CC3)n1. The molecule has 0 spiro atoms. The summed E-state index contributed by atoms with van der Waals surface area (Å²) >= 11 is 0. The van der Waals surface area contributed by atoms with E-state index in [0.29, 0.717) is 29.8 Å². The Hall–Kier alpha value is -3.17. The minimum absolute atomic E-state index is 0.159. The number of anilines is 1. The molecular formula is C23H24N6O2S. The van der Waals surface area contributed by atoms with Crippen molar-refractivity contribution in [1.82, 2.24) is 19.9 Å². The summed E-state index contributed by atoms with van der Waals surface area (Å²) in [6.45, 7) is 4.07. The Morgan fingerprint density at radius 1 is 1.25 bits per heavy atom. The van der Waals surface area contributed by atoms with Crippen molar-refractivity contribution in [3.05, 3.63) is 60.2 Å². The number of rotatable bonds is 4. The fourth-order valence-corrected chi connectivity index (χ4v) is 5.10. The molecule has 0 saturated carbocycles. The Labute approximate surface area is 187 Å². The summed E-state index contributed by atoms with van der Waals surface area (Å²) in [4.78, 5) is 20.9. The van der Waals surface area contributed by atoms with Crippen LogP contribution in [0.2, 0.25) is 0 Å². The fraction of sp³-hybridized carbons (Fsp3) is 0.304. The molecule has 8 nitrogen and oxygen atoms in total. The van der Waals surface area contributed by atoms with Gasteiger partial charge in [0.1, 0.15) is 5.82 Å². The highest BCUT2D eigenvalue weighted by molar-refractivity contribution is 7.93. The Bertz CT molecular complexity index is 1300. The van der Waals surface area contributed by atoms with E-state index in [1.54, 1.807) is 37.0 Å². The number of ether oxygens (including phenoxy) is 1. The van der Waals surface area contributed by atoms with Crippen LogP contribution < -0.4 is 4.90 Å². The van der Waals surface area contributed by atoms with Crippen molar-refractivity contribution in [2.75, 3.05) is 30.9 Å². The van der Waals surface area contributed by atoms with Gasteiger partial charge in [-0.25, -0.2) is 14.2 Å². The molecule has 9 heteroatoms. The predicted octanol–water partition coefficient (Wildman–Crippen LogP) is 3.52. The largest absolute Gasteiger partial charge is 0.377 e. The standard InChI is InChI=1S/C23H24N6O2S/c1-16-15-31-12-11-29(16)22-13-21(28-32(2,30)17-5-4-9-24-14-17)26-23(27-22)19-8-10-25-20-7-3-6-18(19)20/h3-6,8-10,13-14,16H,7,11-12,15H2,1-2H3/t16-,32?/m1/s1. The molecule has 0 N–H and O–H groups in total. The van der Waals surface area contributed by atoms with Gasteiger partial charge in [-0.05, 0) is 25.1 Å². The third-order valence-electron chi connectivity index (χ3n) is 5.61. The maximum absolute atomic E-state index is 13.4. The van der Waals surface area contributed by atoms with Crippen LogP contribution in [0.3, 0.4) is 0 Å². The molecule has 2 atom stereocenters. The maximum atomic E-state index is 13.4. The van der Waals surface area contributed by atoms with Gasteiger partial charge in [0.15, 0.2) is 11.6 Å². The zero-order valence-electron chi connectivity index (χ0n) is 18.0. The number of nitrogens with zero attached hydrogens (tertiary/aromatic N) is 6. The van der Waals surface area contributed by atoms with Gasteiger partial charge in [-0.15, -0.1) is 0 Å². The van der Waals surface area contributed by atoms with Crippen molar-refractivity contribution in [3.63, 3.8) is 0 Å². The van der Waals surface area contributed by atoms with E-state index in [2.05, 4.69) is 38.3 Å². The zero-order valence-corrected chi connectivity index (χ0v) is 18.8. The molecule has 1 fully saturated rings. The first-order valence-corrected chi connectivity index (χ1v) is 12.4. The van der Waals surface area contributed by atoms with Crippen molar-refractivity contribution in [1.29, 1.82) is 0 Å². The number of pyridine rings is 2. The molecule has 0 amide bonds. The molecular weight excluding hydrogens is 424 g/mol. The number of morpholine rings is 1. The molecule has 1 aliphatic heterocycles. The van der Waals surface area contributed by atoms with E-state index in [9.17, 15) is 4.21 Å². The van der Waals surface area contributed by atoms with E-state index in [1.807, 2.05) is 12.1 Å². The van der Waals surface area contributed by atoms with Gasteiger partial charge in [-0.1, -0.05) is 12.2 Å². The van der Waals surface area contributed by atoms with Crippen LogP contribution in [0.4, 0.5) is 11.6 Å². The van der Waals surface area contributed by atoms with Gasteiger partial charge in [0.25, 0.3) is 0 Å². The molecule has 5 rings (SSSR count). The van der Waals surface area contributed by atoms with Crippen LogP contribution in [-0.2, 0) is 20.9 Å². The molecule has 2 aliphatic rings. The Balaban J connectivity index is 1.67. The molecule has 0 aromatic carbocycles. The molecule has 3 aromatic heterocycles. The normalized spacial score (nSPS) is 19.4. The highest BCUT2D eigenvalue weighted by atomic mass is 32.2. The van der Waals surface area contributed by atoms with E-state index < -0.39 is 9.73 Å². The van der Waals surface area contributed by atoms with E-state index >= 15 is 0 Å². The molecule has 3 aromatic rings. The van der Waals surface area contributed by atoms with Gasteiger partial charge in [-0.3, -0.25) is 9.97 Å². The van der Waals surface area contributed by atoms with E-state index in [4.69, 9.17) is 14.7 Å². The zero-order chi connectivity index (χ0) is 22.1. The highest BCUT2D eigenvalue weighted by Crippen LogP contribution is 2.32. The number of allylic oxidation sites excluding steroid dienone is 1. The number of hydrogen-bond acceptors (Lipinski definition) is 8. The lowest BCUT2D eigenvalue weighted by Gasteiger charge is -2.34. The van der Waals surface area contributed by atoms with Crippen molar-refractivity contribution in [2.45, 2.75) is 24.3 Å². The lowest BCUT2D eigenvalue weighted by molar-refractivity contribution is 0.0985. The molecule has 164 valence electrons. The summed E-state index contributed by atoms with van der Waals surface area (Å²) in [5.41, 5.74) is 2.92. The van der Waals surface area contributed by atoms with Crippen LogP contribution in [0, 0.1) is 0 Å². The third kappa shape index (κ3) is 4.01. The number of fused-ring (bicyclic) bond motifs is 1. The van der Waals surface area contributed by atoms with Crippen molar-refractivity contribution >= 4 is 27.4 Å². The Morgan fingerprint density at radius 3 is 2.97 bits per heavy atom. The summed E-state index contributed by atoms with van der Waals surface area (Å²) in [5, 5.41) is 0. The second-order valence-corrected chi connectivity index (χ2v) is 10.2. The van der Waals surface area contributed by atoms with E-state index in [0.717, 1.165) is 35.6 Å². The molecule has 1 saturated heterocycles. The quantitative estimate of drug-likeness (QED) is 0.603. The lowest BCUT2D eigenvalue weighted by Crippen LogP contribution is -2.44. The lowest BCUT2D eigenvalue weighted by atomic mass is 10.1. The van der Waals surface area contributed by atoms with Crippen molar-refractivity contribution in [2.24, 2.45) is 4.36 Å². The third-order valence-corrected chi connectivity index (χ3v) is 7.26. The summed E-state index contributed by atoms with van der Waals surface area (Å²) < 4.78 is 23.6. The second-order valence-electron chi connectivity index (χ2n) is 7.93. The Kier molecular flexibility index (Phi) is 5.44. The first-order valence-electron chi connectivity index (χ1n) is 10.5. The van der Waals surface area contributed by atoms with Crippen molar-refractivity contribution < 1.29 is 8.95 Å². The van der Waals surface area contributed by atoms with Gasteiger partial charge in [0, 0.05) is 55.0 Å². The molecule has 4 heterocycles. The van der Waals surface area contributed by atoms with Crippen LogP contribution in [0.5, 0.6) is 0 Å². The van der Waals surface area contributed by atoms with Gasteiger partial charge in [-0.2, -0.15) is 4.36 Å². The van der Waals surface area contributed by atoms with Crippen LogP contribution in [-0.4, -0.2) is 56.2 Å². The van der Waals surface area contributed by atoms with E-state index in [-0.39, 0.29) is 6.04 Å². The molecule has 1 unspecified atom stereocenters. The minimum Gasteiger partial charge on any atom is -0.377 e. The number of aromatic nitrogens is 4. The van der Waals surface area contributed by atoms with E-state index in [1.165, 1.54) is 0 Å². The summed E-state index contributed by atoms with van der Waals surface area (Å²) in [7, 11) is -2.73. The van der Waals surface area contributed by atoms with Crippen LogP contribution in [0.25, 0.3) is 17.5 Å². The summed E-state index contributed by atoms with van der Waals surface area (Å²) in [6, 6.07) is 7.41. The van der Waals surface area contributed by atoms with Gasteiger partial charge in [0.05, 0.1) is 39.6 Å². The molecule has 1 aliphatic carbocycles. The highest BCUT2D eigenvalue weighted by Gasteiger charge is 2.23. The monoisotopic (exact) mass is 448 g/mol. The van der Waals surface area contributed by atoms with Crippen LogP contribution in [0.15, 0.2) is 58.2 Å². The summed E-state index contributed by atoms with van der Waals surface area (Å²) in [6.07, 6.45) is 11.6. The maximum Gasteiger partial charge on any atom is 0.168 e. The molecule has 32 heavy (non-hydrogen) atoms. The van der Waals surface area contributed by atoms with Gasteiger partial charge < -0.3 is 9.64 Å². The predicted molar refractivity (Wildman–Crippen MR) is 124 cm³/mol. The summed E-state index contributed by atoms with van der Waals surface area (Å²) in [5.74, 6) is 1.68. The van der Waals surface area contributed by atoms with Gasteiger partial charge in [0.2, 0.25) is 0 Å². The Morgan fingerprint density at radius 2 is 2.16 bits per heavy atom. The van der Waals surface area contributed by atoms with Crippen LogP contribution >= 0.6 is 0 Å². The topological polar surface area (TPSA) is 93.5 Å². The first-order chi connectivity index (χ1) is 15.5. The smallest absolute Gasteiger partial charge is 0.168 e. The molecule has 0 bridgehead atoms. The van der Waals surface area contributed by atoms with Gasteiger partial charge >= 0.3 is 0 Å². The minimum atomic E-state index is -2.73.